The van der Waals surface area contributed by atoms with Gasteiger partial charge in [0.25, 0.3) is 0 Å². The Bertz CT molecular complexity index is 2000. The molecule has 0 spiro atoms. The number of rotatable bonds is 14. The topological polar surface area (TPSA) is 105 Å². The van der Waals surface area contributed by atoms with E-state index in [9.17, 15) is 19.2 Å². The van der Waals surface area contributed by atoms with Gasteiger partial charge in [0.05, 0.1) is 0 Å². The Morgan fingerprint density at radius 2 is 0.464 bits per heavy atom. The predicted molar refractivity (Wildman–Crippen MR) is 222 cm³/mol. The number of benzene rings is 5. The number of carbonyl (C=O) groups excluding carboxylic acids is 4. The van der Waals surface area contributed by atoms with Crippen molar-refractivity contribution in [2.24, 2.45) is 0 Å². The van der Waals surface area contributed by atoms with E-state index in [4.69, 9.17) is 18.9 Å². The van der Waals surface area contributed by atoms with E-state index in [1.807, 2.05) is 48.5 Å². The minimum atomic E-state index is -2.77. The van der Waals surface area contributed by atoms with Gasteiger partial charge in [-0.25, -0.2) is 0 Å². The Morgan fingerprint density at radius 3 is 0.607 bits per heavy atom. The van der Waals surface area contributed by atoms with E-state index >= 15 is 0 Å². The standard InChI is InChI=1S/4C10H9O2.C6H4.2Sb/c4*1-8(2)12-10(11)9-6-4-3-5-7-9;1-2-4-6-5-3-1;;/h4*4-7H,1H2,2H3;1-2,5-6H;;. The van der Waals surface area contributed by atoms with Gasteiger partial charge in [0, 0.05) is 0 Å². The molecule has 0 saturated carbocycles. The molecule has 282 valence electrons. The van der Waals surface area contributed by atoms with Crippen LogP contribution in [0.3, 0.4) is 0 Å². The molecule has 0 radical (unpaired) electrons. The average Bonchev–Trinajstić information content (AvgIpc) is 3.15. The van der Waals surface area contributed by atoms with Crippen molar-refractivity contribution < 1.29 is 38.1 Å². The molecule has 0 aliphatic carbocycles. The van der Waals surface area contributed by atoms with Crippen molar-refractivity contribution in [2.45, 2.75) is 27.7 Å². The number of ether oxygens (including phenoxy) is 4. The van der Waals surface area contributed by atoms with Crippen molar-refractivity contribution in [1.29, 1.82) is 0 Å². The van der Waals surface area contributed by atoms with Gasteiger partial charge >= 0.3 is 344 Å². The maximum absolute atomic E-state index is 12.6. The van der Waals surface area contributed by atoms with Crippen molar-refractivity contribution in [3.05, 3.63) is 193 Å². The molecule has 0 atom stereocenters. The summed E-state index contributed by atoms with van der Waals surface area (Å²) >= 11 is -5.54. The van der Waals surface area contributed by atoms with E-state index in [1.54, 1.807) is 76.2 Å². The Morgan fingerprint density at radius 1 is 0.321 bits per heavy atom. The van der Waals surface area contributed by atoms with Crippen molar-refractivity contribution >= 4 is 85.4 Å². The Labute approximate surface area is 341 Å². The fourth-order valence-corrected chi connectivity index (χ4v) is 18.3. The second kappa shape index (κ2) is 18.9. The van der Waals surface area contributed by atoms with Gasteiger partial charge in [0.15, 0.2) is 0 Å². The van der Waals surface area contributed by atoms with E-state index < -0.39 is 64.3 Å². The molecule has 56 heavy (non-hydrogen) atoms. The summed E-state index contributed by atoms with van der Waals surface area (Å²) in [6.45, 7) is 21.2. The number of esters is 4. The van der Waals surface area contributed by atoms with Gasteiger partial charge in [0.1, 0.15) is 0 Å². The third-order valence-corrected chi connectivity index (χ3v) is 21.8. The summed E-state index contributed by atoms with van der Waals surface area (Å²) in [6.07, 6.45) is 0. The molecule has 0 heterocycles. The van der Waals surface area contributed by atoms with Crippen LogP contribution in [0.1, 0.15) is 69.1 Å². The van der Waals surface area contributed by atoms with Gasteiger partial charge in [-0.1, -0.05) is 0 Å². The molecule has 5 aromatic carbocycles. The summed E-state index contributed by atoms with van der Waals surface area (Å²) in [4.78, 5) is 50.4. The molecule has 0 aliphatic rings. The Hall–Kier alpha value is -5.42. The second-order valence-corrected chi connectivity index (χ2v) is 25.4. The Balaban J connectivity index is 1.56. The molecule has 5 aromatic rings. The molecule has 0 amide bonds. The van der Waals surface area contributed by atoms with Gasteiger partial charge in [0.2, 0.25) is 0 Å². The number of carbonyl (C=O) groups is 4. The molecule has 0 bridgehead atoms. The molecule has 0 aliphatic heterocycles. The van der Waals surface area contributed by atoms with E-state index in [0.29, 0.717) is 45.3 Å². The number of hydrogen-bond donors (Lipinski definition) is 0. The van der Waals surface area contributed by atoms with Crippen LogP contribution in [0.2, 0.25) is 0 Å². The molecule has 10 heteroatoms. The molecule has 5 rings (SSSR count). The van der Waals surface area contributed by atoms with Gasteiger partial charge in [-0.3, -0.25) is 0 Å². The minimum absolute atomic E-state index is 0.310. The molecule has 0 aromatic heterocycles. The summed E-state index contributed by atoms with van der Waals surface area (Å²) in [6, 6.07) is 38.5. The van der Waals surface area contributed by atoms with Crippen molar-refractivity contribution in [3.63, 3.8) is 0 Å². The van der Waals surface area contributed by atoms with Crippen molar-refractivity contribution in [3.8, 4) is 0 Å². The van der Waals surface area contributed by atoms with Crippen LogP contribution in [0.4, 0.5) is 0 Å². The second-order valence-electron chi connectivity index (χ2n) is 12.7. The van der Waals surface area contributed by atoms with Crippen molar-refractivity contribution in [2.75, 3.05) is 0 Å². The van der Waals surface area contributed by atoms with Crippen LogP contribution in [0.15, 0.2) is 171 Å². The SMILES string of the molecule is C=C(C)OC(=O)c1cc[c]([Sb]([c]2ccc(C(=O)OC(=C)C)cc2)[c]2cc[c]([Sb]([c]3ccc(C(=O)OC(=C)C)cc3)[c]3ccc(C(=O)OC(=C)C)cc3)cc2)cc1. The monoisotopic (exact) mass is 962 g/mol. The first-order valence-corrected chi connectivity index (χ1v) is 25.0. The first kappa shape index (κ1) is 41.7. The first-order chi connectivity index (χ1) is 26.7. The molecular formula is C46H40O8Sb2. The number of hydrogen-bond acceptors (Lipinski definition) is 8. The molecule has 8 nitrogen and oxygen atoms in total. The van der Waals surface area contributed by atoms with Gasteiger partial charge in [-0.15, -0.1) is 0 Å². The van der Waals surface area contributed by atoms with Gasteiger partial charge < -0.3 is 0 Å². The molecule has 0 saturated heterocycles. The van der Waals surface area contributed by atoms with Crippen LogP contribution < -0.4 is 21.1 Å². The summed E-state index contributed by atoms with van der Waals surface area (Å²) in [5.74, 6) is -0.661. The summed E-state index contributed by atoms with van der Waals surface area (Å²) in [7, 11) is 0. The summed E-state index contributed by atoms with van der Waals surface area (Å²) in [5, 5.41) is 0. The molecule has 0 N–H and O–H groups in total. The van der Waals surface area contributed by atoms with Crippen LogP contribution in [0.25, 0.3) is 0 Å². The van der Waals surface area contributed by atoms with Gasteiger partial charge in [-0.2, -0.15) is 0 Å². The maximum atomic E-state index is 12.6. The van der Waals surface area contributed by atoms with E-state index in [1.165, 1.54) is 0 Å². The van der Waals surface area contributed by atoms with Crippen LogP contribution in [0, 0.1) is 0 Å². The molecular weight excluding hydrogens is 924 g/mol. The van der Waals surface area contributed by atoms with E-state index in [2.05, 4.69) is 50.6 Å². The summed E-state index contributed by atoms with van der Waals surface area (Å²) in [5.41, 5.74) is 1.66. The fourth-order valence-electron chi connectivity index (χ4n) is 5.50. The third kappa shape index (κ3) is 10.9. The normalized spacial score (nSPS) is 10.7. The zero-order valence-electron chi connectivity index (χ0n) is 31.5. The zero-order valence-corrected chi connectivity index (χ0v) is 36.6. The molecule has 0 unspecified atom stereocenters. The van der Waals surface area contributed by atoms with Crippen LogP contribution >= 0.6 is 0 Å². The van der Waals surface area contributed by atoms with Crippen LogP contribution in [-0.4, -0.2) is 64.3 Å². The summed E-state index contributed by atoms with van der Waals surface area (Å²) < 4.78 is 27.6. The quantitative estimate of drug-likeness (QED) is 0.0625. The zero-order chi connectivity index (χ0) is 40.5. The predicted octanol–water partition coefficient (Wildman–Crippen LogP) is 5.48. The van der Waals surface area contributed by atoms with Crippen LogP contribution in [-0.2, 0) is 18.9 Å². The van der Waals surface area contributed by atoms with Crippen molar-refractivity contribution in [1.82, 2.24) is 0 Å². The fraction of sp³-hybridized carbons (Fsp3) is 0.0870. The first-order valence-electron chi connectivity index (χ1n) is 17.3. The van der Waals surface area contributed by atoms with E-state index in [-0.39, 0.29) is 0 Å². The molecule has 0 fully saturated rings. The van der Waals surface area contributed by atoms with E-state index in [0.717, 1.165) is 21.1 Å². The number of allylic oxidation sites excluding steroid dienone is 4. The van der Waals surface area contributed by atoms with Gasteiger partial charge in [-0.05, 0) is 0 Å². The average molecular weight is 964 g/mol. The van der Waals surface area contributed by atoms with Crippen LogP contribution in [0.5, 0.6) is 0 Å². The third-order valence-electron chi connectivity index (χ3n) is 7.88. The Kier molecular flexibility index (Phi) is 14.1.